The molecule has 0 aliphatic carbocycles. The summed E-state index contributed by atoms with van der Waals surface area (Å²) in [5.41, 5.74) is 1.32. The molecule has 0 atom stereocenters. The Morgan fingerprint density at radius 1 is 1.78 bits per heavy atom. The summed E-state index contributed by atoms with van der Waals surface area (Å²) in [6, 6.07) is 0. The molecule has 0 radical (unpaired) electrons. The van der Waals surface area contributed by atoms with Crippen molar-refractivity contribution in [2.24, 2.45) is 0 Å². The van der Waals surface area contributed by atoms with Gasteiger partial charge in [0.2, 0.25) is 0 Å². The minimum absolute atomic E-state index is 0.952. The SMILES string of the molecule is CCC1=C(C)CNSO1. The van der Waals surface area contributed by atoms with Gasteiger partial charge in [0.1, 0.15) is 18.0 Å². The topological polar surface area (TPSA) is 21.3 Å². The Morgan fingerprint density at radius 3 is 3.00 bits per heavy atom. The van der Waals surface area contributed by atoms with Crippen LogP contribution in [0.25, 0.3) is 0 Å². The van der Waals surface area contributed by atoms with E-state index in [0.717, 1.165) is 18.7 Å². The third-order valence-electron chi connectivity index (χ3n) is 1.34. The first-order chi connectivity index (χ1) is 4.34. The molecule has 52 valence electrons. The lowest BCUT2D eigenvalue weighted by molar-refractivity contribution is 0.450. The van der Waals surface area contributed by atoms with Crippen molar-refractivity contribution in [2.75, 3.05) is 6.54 Å². The van der Waals surface area contributed by atoms with Crippen molar-refractivity contribution >= 4 is 12.2 Å². The lowest BCUT2D eigenvalue weighted by atomic mass is 10.2. The van der Waals surface area contributed by atoms with Crippen molar-refractivity contribution in [3.63, 3.8) is 0 Å². The van der Waals surface area contributed by atoms with E-state index in [9.17, 15) is 0 Å². The maximum atomic E-state index is 5.22. The zero-order chi connectivity index (χ0) is 6.69. The fourth-order valence-corrected chi connectivity index (χ4v) is 1.44. The van der Waals surface area contributed by atoms with Gasteiger partial charge in [-0.25, -0.2) is 4.72 Å². The molecular formula is C6H11NOS. The molecule has 0 saturated heterocycles. The molecule has 2 nitrogen and oxygen atoms in total. The van der Waals surface area contributed by atoms with Gasteiger partial charge in [-0.3, -0.25) is 0 Å². The Balaban J connectivity index is 2.59. The number of hydrogen-bond donors (Lipinski definition) is 1. The highest BCUT2D eigenvalue weighted by molar-refractivity contribution is 7.92. The summed E-state index contributed by atoms with van der Waals surface area (Å²) in [6.07, 6.45) is 1.00. The molecule has 3 heteroatoms. The van der Waals surface area contributed by atoms with Crippen molar-refractivity contribution in [3.8, 4) is 0 Å². The van der Waals surface area contributed by atoms with E-state index in [2.05, 4.69) is 18.6 Å². The zero-order valence-electron chi connectivity index (χ0n) is 5.73. The van der Waals surface area contributed by atoms with Crippen LogP contribution < -0.4 is 4.72 Å². The predicted octanol–water partition coefficient (Wildman–Crippen LogP) is 1.85. The first kappa shape index (κ1) is 6.96. The van der Waals surface area contributed by atoms with E-state index >= 15 is 0 Å². The van der Waals surface area contributed by atoms with Crippen LogP contribution in [0.3, 0.4) is 0 Å². The van der Waals surface area contributed by atoms with Crippen LogP contribution in [0.2, 0.25) is 0 Å². The molecule has 0 saturated carbocycles. The standard InChI is InChI=1S/C6H11NOS/c1-3-6-5(2)4-7-9-8-6/h7H,3-4H2,1-2H3. The van der Waals surface area contributed by atoms with Crippen LogP contribution in [0.5, 0.6) is 0 Å². The van der Waals surface area contributed by atoms with Gasteiger partial charge in [-0.15, -0.1) is 0 Å². The number of hydrogen-bond acceptors (Lipinski definition) is 3. The zero-order valence-corrected chi connectivity index (χ0v) is 6.55. The molecule has 9 heavy (non-hydrogen) atoms. The van der Waals surface area contributed by atoms with E-state index in [4.69, 9.17) is 4.18 Å². The molecule has 0 amide bonds. The summed E-state index contributed by atoms with van der Waals surface area (Å²) in [7, 11) is 0. The summed E-state index contributed by atoms with van der Waals surface area (Å²) in [5.74, 6) is 1.12. The Kier molecular flexibility index (Phi) is 2.42. The Labute approximate surface area is 60.0 Å². The van der Waals surface area contributed by atoms with Crippen molar-refractivity contribution in [1.29, 1.82) is 0 Å². The van der Waals surface area contributed by atoms with Gasteiger partial charge in [0.05, 0.1) is 0 Å². The fraction of sp³-hybridized carbons (Fsp3) is 0.667. The molecule has 1 N–H and O–H groups in total. The minimum atomic E-state index is 0.952. The van der Waals surface area contributed by atoms with Gasteiger partial charge in [0, 0.05) is 13.0 Å². The number of allylic oxidation sites excluding steroid dienone is 1. The summed E-state index contributed by atoms with van der Waals surface area (Å²) in [6.45, 7) is 5.14. The first-order valence-electron chi connectivity index (χ1n) is 3.09. The summed E-state index contributed by atoms with van der Waals surface area (Å²) in [4.78, 5) is 0. The summed E-state index contributed by atoms with van der Waals surface area (Å²) < 4.78 is 8.26. The quantitative estimate of drug-likeness (QED) is 0.449. The normalized spacial score (nSPS) is 19.8. The highest BCUT2D eigenvalue weighted by Crippen LogP contribution is 2.19. The van der Waals surface area contributed by atoms with E-state index in [0.29, 0.717) is 0 Å². The van der Waals surface area contributed by atoms with Crippen molar-refractivity contribution in [1.82, 2.24) is 4.72 Å². The molecule has 0 bridgehead atoms. The van der Waals surface area contributed by atoms with Crippen molar-refractivity contribution in [2.45, 2.75) is 20.3 Å². The second-order valence-electron chi connectivity index (χ2n) is 2.04. The lowest BCUT2D eigenvalue weighted by Gasteiger charge is -2.15. The second kappa shape index (κ2) is 3.13. The monoisotopic (exact) mass is 145 g/mol. The molecule has 1 aliphatic rings. The molecule has 1 aliphatic heterocycles. The Hall–Kier alpha value is -0.150. The van der Waals surface area contributed by atoms with Crippen LogP contribution in [0.1, 0.15) is 20.3 Å². The molecule has 0 aromatic carbocycles. The lowest BCUT2D eigenvalue weighted by Crippen LogP contribution is -2.14. The second-order valence-corrected chi connectivity index (χ2v) is 2.67. The molecule has 0 spiro atoms. The molecule has 0 unspecified atom stereocenters. The fourth-order valence-electron chi connectivity index (χ4n) is 0.748. The van der Waals surface area contributed by atoms with Crippen LogP contribution >= 0.6 is 12.2 Å². The summed E-state index contributed by atoms with van der Waals surface area (Å²) in [5, 5.41) is 0. The van der Waals surface area contributed by atoms with Crippen molar-refractivity contribution in [3.05, 3.63) is 11.3 Å². The van der Waals surface area contributed by atoms with Crippen LogP contribution in [0, 0.1) is 0 Å². The van der Waals surface area contributed by atoms with Crippen molar-refractivity contribution < 1.29 is 4.18 Å². The van der Waals surface area contributed by atoms with E-state index < -0.39 is 0 Å². The van der Waals surface area contributed by atoms with E-state index in [1.165, 1.54) is 17.8 Å². The average molecular weight is 145 g/mol. The van der Waals surface area contributed by atoms with E-state index in [1.54, 1.807) is 0 Å². The van der Waals surface area contributed by atoms with Crippen LogP contribution in [-0.4, -0.2) is 6.54 Å². The van der Waals surface area contributed by atoms with Gasteiger partial charge < -0.3 is 4.18 Å². The van der Waals surface area contributed by atoms with Crippen LogP contribution in [0.15, 0.2) is 11.3 Å². The molecule has 0 fully saturated rings. The van der Waals surface area contributed by atoms with E-state index in [-0.39, 0.29) is 0 Å². The predicted molar refractivity (Wildman–Crippen MR) is 39.7 cm³/mol. The third kappa shape index (κ3) is 1.63. The maximum absolute atomic E-state index is 5.22. The number of rotatable bonds is 1. The average Bonchev–Trinajstić information content (AvgIpc) is 1.89. The smallest absolute Gasteiger partial charge is 0.143 e. The van der Waals surface area contributed by atoms with Gasteiger partial charge in [-0.05, 0) is 12.5 Å². The number of nitrogens with one attached hydrogen (secondary N) is 1. The van der Waals surface area contributed by atoms with Gasteiger partial charge >= 0.3 is 0 Å². The maximum Gasteiger partial charge on any atom is 0.143 e. The first-order valence-corrected chi connectivity index (χ1v) is 3.83. The van der Waals surface area contributed by atoms with Gasteiger partial charge in [-0.1, -0.05) is 6.92 Å². The molecule has 0 aromatic heterocycles. The molecular weight excluding hydrogens is 134 g/mol. The molecule has 1 rings (SSSR count). The minimum Gasteiger partial charge on any atom is -0.414 e. The van der Waals surface area contributed by atoms with Gasteiger partial charge in [-0.2, -0.15) is 0 Å². The molecule has 0 aromatic rings. The highest BCUT2D eigenvalue weighted by Gasteiger charge is 2.07. The third-order valence-corrected chi connectivity index (χ3v) is 1.88. The van der Waals surface area contributed by atoms with E-state index in [1.807, 2.05) is 0 Å². The van der Waals surface area contributed by atoms with Gasteiger partial charge in [0.25, 0.3) is 0 Å². The van der Waals surface area contributed by atoms with Gasteiger partial charge in [0.15, 0.2) is 0 Å². The highest BCUT2D eigenvalue weighted by atomic mass is 32.2. The Bertz CT molecular complexity index is 133. The Morgan fingerprint density at radius 2 is 2.56 bits per heavy atom. The summed E-state index contributed by atoms with van der Waals surface area (Å²) >= 11 is 1.32. The van der Waals surface area contributed by atoms with Crippen LogP contribution in [0.4, 0.5) is 0 Å². The molecule has 1 heterocycles. The largest absolute Gasteiger partial charge is 0.414 e. The van der Waals surface area contributed by atoms with Crippen LogP contribution in [-0.2, 0) is 4.18 Å².